The first-order chi connectivity index (χ1) is 19.8. The smallest absolute Gasteiger partial charge is 0.245 e. The number of likely N-dealkylation sites (tertiary alicyclic amines) is 1. The lowest BCUT2D eigenvalue weighted by atomic mass is 10.0. The van der Waals surface area contributed by atoms with E-state index in [1.165, 1.54) is 17.7 Å². The van der Waals surface area contributed by atoms with Crippen molar-refractivity contribution in [1.82, 2.24) is 30.0 Å². The van der Waals surface area contributed by atoms with Crippen LogP contribution < -0.4 is 5.32 Å². The molecule has 2 aromatic heterocycles. The zero-order valence-corrected chi connectivity index (χ0v) is 22.8. The number of hydrogen-bond acceptors (Lipinski definition) is 6. The van der Waals surface area contributed by atoms with Crippen LogP contribution in [0.4, 0.5) is 4.39 Å². The first-order valence-corrected chi connectivity index (χ1v) is 13.6. The molecule has 0 radical (unpaired) electrons. The molecule has 6 rings (SSSR count). The van der Waals surface area contributed by atoms with Crippen molar-refractivity contribution in [3.05, 3.63) is 83.8 Å². The Bertz CT molecular complexity index is 1680. The number of Topliss-reactive ketones (excluding diaryl/α,β-unsaturated/α-hetero) is 1. The number of aryl methyl sites for hydroxylation is 1. The molecule has 208 valence electrons. The third-order valence-electron chi connectivity index (χ3n) is 7.73. The van der Waals surface area contributed by atoms with Gasteiger partial charge >= 0.3 is 0 Å². The molecule has 41 heavy (non-hydrogen) atoms. The molecule has 9 nitrogen and oxygen atoms in total. The van der Waals surface area contributed by atoms with Gasteiger partial charge in [-0.1, -0.05) is 36.4 Å². The van der Waals surface area contributed by atoms with Crippen LogP contribution in [0, 0.1) is 12.8 Å². The number of carbonyl (C=O) groups is 3. The number of hydrogen-bond donors (Lipinski definition) is 1. The Labute approximate surface area is 236 Å². The number of nitrogens with one attached hydrogen (secondary N) is 1. The van der Waals surface area contributed by atoms with E-state index < -0.39 is 11.9 Å². The molecule has 2 aromatic carbocycles. The van der Waals surface area contributed by atoms with Crippen LogP contribution in [-0.2, 0) is 16.1 Å². The number of aromatic nitrogens is 4. The summed E-state index contributed by atoms with van der Waals surface area (Å²) in [7, 11) is 0. The molecule has 1 aliphatic heterocycles. The van der Waals surface area contributed by atoms with Crippen molar-refractivity contribution < 1.29 is 18.8 Å². The second-order valence-electron chi connectivity index (χ2n) is 10.6. The first kappa shape index (κ1) is 26.5. The van der Waals surface area contributed by atoms with Crippen LogP contribution >= 0.6 is 0 Å². The molecule has 2 amide bonds. The highest BCUT2D eigenvalue weighted by molar-refractivity contribution is 6.06. The summed E-state index contributed by atoms with van der Waals surface area (Å²) in [6.45, 7) is 2.88. The van der Waals surface area contributed by atoms with E-state index >= 15 is 0 Å². The predicted molar refractivity (Wildman–Crippen MR) is 151 cm³/mol. The average molecular weight is 553 g/mol. The lowest BCUT2D eigenvalue weighted by Crippen LogP contribution is -2.49. The highest BCUT2D eigenvalue weighted by atomic mass is 19.1. The minimum atomic E-state index is -0.669. The van der Waals surface area contributed by atoms with E-state index in [0.717, 1.165) is 17.5 Å². The van der Waals surface area contributed by atoms with Crippen molar-refractivity contribution in [2.45, 2.75) is 45.3 Å². The van der Waals surface area contributed by atoms with E-state index in [9.17, 15) is 18.8 Å². The molecule has 4 aromatic rings. The highest BCUT2D eigenvalue weighted by Gasteiger charge is 2.56. The zero-order chi connectivity index (χ0) is 28.7. The molecular formula is C31H29FN6O3. The summed E-state index contributed by atoms with van der Waals surface area (Å²) in [5, 5.41) is 7.77. The molecular weight excluding hydrogens is 523 g/mol. The third-order valence-corrected chi connectivity index (χ3v) is 7.73. The van der Waals surface area contributed by atoms with Crippen molar-refractivity contribution >= 4 is 34.6 Å². The van der Waals surface area contributed by atoms with E-state index in [0.29, 0.717) is 28.7 Å². The standard InChI is InChI=1S/C31H29FN6O3/c1-18(39)30-25-11-21(23-14-33-19(2)34-15-23)8-9-26(25)37(36-30)17-29(40)38-27-12-22(27)13-28(38)31(41)35-16-24(32)10-20-6-4-3-5-7-20/h3-11,14-15,22,27-28H,12-13,16-17H2,1-2H3,(H,35,41)/b24-10+/t22-,27+,28-/m0/s1. The molecule has 1 aliphatic carbocycles. The van der Waals surface area contributed by atoms with Crippen LogP contribution in [-0.4, -0.2) is 60.9 Å². The van der Waals surface area contributed by atoms with Gasteiger partial charge in [0.1, 0.15) is 29.9 Å². The molecule has 1 N–H and O–H groups in total. The van der Waals surface area contributed by atoms with Crippen molar-refractivity contribution in [3.8, 4) is 11.1 Å². The van der Waals surface area contributed by atoms with Crippen molar-refractivity contribution in [3.63, 3.8) is 0 Å². The van der Waals surface area contributed by atoms with E-state index in [4.69, 9.17) is 0 Å². The molecule has 0 bridgehead atoms. The summed E-state index contributed by atoms with van der Waals surface area (Å²) >= 11 is 0. The summed E-state index contributed by atoms with van der Waals surface area (Å²) < 4.78 is 16.0. The van der Waals surface area contributed by atoms with Gasteiger partial charge in [-0.2, -0.15) is 5.10 Å². The molecule has 3 heterocycles. The van der Waals surface area contributed by atoms with Crippen LogP contribution in [0.2, 0.25) is 0 Å². The van der Waals surface area contributed by atoms with Crippen LogP contribution in [0.15, 0.2) is 66.8 Å². The Morgan fingerprint density at radius 1 is 1.05 bits per heavy atom. The van der Waals surface area contributed by atoms with Gasteiger partial charge in [-0.05, 0) is 55.0 Å². The van der Waals surface area contributed by atoms with Gasteiger partial charge in [0.05, 0.1) is 12.1 Å². The Morgan fingerprint density at radius 2 is 1.80 bits per heavy atom. The number of carbonyl (C=O) groups excluding carboxylic acids is 3. The normalized spacial score (nSPS) is 19.7. The Kier molecular flexibility index (Phi) is 6.90. The summed E-state index contributed by atoms with van der Waals surface area (Å²) in [4.78, 5) is 49.2. The number of piperidine rings is 1. The summed E-state index contributed by atoms with van der Waals surface area (Å²) in [6, 6.07) is 13.9. The SMILES string of the molecule is CC(=O)c1nn(CC(=O)N2[C@@H]3C[C@H]3C[C@H]2C(=O)NC/C(F)=C\c2ccccc2)c2ccc(-c3cnc(C)nc3)cc12. The van der Waals surface area contributed by atoms with E-state index in [2.05, 4.69) is 20.4 Å². The number of benzene rings is 2. The highest BCUT2D eigenvalue weighted by Crippen LogP contribution is 2.48. The molecule has 3 atom stereocenters. The first-order valence-electron chi connectivity index (χ1n) is 13.6. The number of amides is 2. The molecule has 10 heteroatoms. The Morgan fingerprint density at radius 3 is 2.54 bits per heavy atom. The fourth-order valence-corrected chi connectivity index (χ4v) is 5.61. The second kappa shape index (κ2) is 10.7. The van der Waals surface area contributed by atoms with Gasteiger partial charge < -0.3 is 10.2 Å². The van der Waals surface area contributed by atoms with Gasteiger partial charge in [-0.3, -0.25) is 19.1 Å². The van der Waals surface area contributed by atoms with Gasteiger partial charge in [0.25, 0.3) is 0 Å². The fourth-order valence-electron chi connectivity index (χ4n) is 5.61. The number of fused-ring (bicyclic) bond motifs is 2. The van der Waals surface area contributed by atoms with Gasteiger partial charge in [-0.15, -0.1) is 0 Å². The van der Waals surface area contributed by atoms with Gasteiger partial charge in [-0.25, -0.2) is 14.4 Å². The summed E-state index contributed by atoms with van der Waals surface area (Å²) in [5.41, 5.74) is 3.24. The minimum Gasteiger partial charge on any atom is -0.348 e. The molecule has 0 spiro atoms. The van der Waals surface area contributed by atoms with Crippen molar-refractivity contribution in [1.29, 1.82) is 0 Å². The van der Waals surface area contributed by atoms with Crippen LogP contribution in [0.3, 0.4) is 0 Å². The lowest BCUT2D eigenvalue weighted by molar-refractivity contribution is -0.140. The largest absolute Gasteiger partial charge is 0.348 e. The third kappa shape index (κ3) is 5.37. The second-order valence-corrected chi connectivity index (χ2v) is 10.6. The van der Waals surface area contributed by atoms with Crippen molar-refractivity contribution in [2.75, 3.05) is 6.54 Å². The van der Waals surface area contributed by atoms with E-state index in [-0.39, 0.29) is 48.3 Å². The minimum absolute atomic E-state index is 0.00907. The Balaban J connectivity index is 1.20. The van der Waals surface area contributed by atoms with Crippen LogP contribution in [0.1, 0.15) is 41.6 Å². The number of ketones is 1. The van der Waals surface area contributed by atoms with Gasteiger partial charge in [0.2, 0.25) is 11.8 Å². The van der Waals surface area contributed by atoms with Crippen LogP contribution in [0.5, 0.6) is 0 Å². The lowest BCUT2D eigenvalue weighted by Gasteiger charge is -2.27. The van der Waals surface area contributed by atoms with Gasteiger partial charge in [0.15, 0.2) is 5.78 Å². The molecule has 2 aliphatic rings. The fraction of sp³-hybridized carbons (Fsp3) is 0.290. The number of nitrogens with zero attached hydrogens (tertiary/aromatic N) is 5. The van der Waals surface area contributed by atoms with Gasteiger partial charge in [0, 0.05) is 36.3 Å². The average Bonchev–Trinajstić information content (AvgIpc) is 3.47. The maximum absolute atomic E-state index is 14.5. The van der Waals surface area contributed by atoms with Crippen LogP contribution in [0.25, 0.3) is 28.1 Å². The molecule has 1 saturated carbocycles. The van der Waals surface area contributed by atoms with Crippen molar-refractivity contribution in [2.24, 2.45) is 5.92 Å². The quantitative estimate of drug-likeness (QED) is 0.330. The number of halogens is 1. The molecule has 2 fully saturated rings. The monoisotopic (exact) mass is 552 g/mol. The summed E-state index contributed by atoms with van der Waals surface area (Å²) in [6.07, 6.45) is 6.21. The number of rotatable bonds is 8. The molecule has 0 unspecified atom stereocenters. The Hall–Kier alpha value is -4.73. The van der Waals surface area contributed by atoms with E-state index in [1.807, 2.05) is 43.3 Å². The maximum Gasteiger partial charge on any atom is 0.245 e. The molecule has 1 saturated heterocycles. The predicted octanol–water partition coefficient (Wildman–Crippen LogP) is 4.12. The summed E-state index contributed by atoms with van der Waals surface area (Å²) in [5.74, 6) is -0.397. The zero-order valence-electron chi connectivity index (χ0n) is 22.8. The maximum atomic E-state index is 14.5. The van der Waals surface area contributed by atoms with E-state index in [1.54, 1.807) is 29.4 Å². The topological polar surface area (TPSA) is 110 Å².